The second-order valence-electron chi connectivity index (χ2n) is 6.76. The van der Waals surface area contributed by atoms with Crippen LogP contribution < -0.4 is 4.74 Å². The van der Waals surface area contributed by atoms with Crippen LogP contribution in [0.3, 0.4) is 0 Å². The van der Waals surface area contributed by atoms with Crippen LogP contribution in [0.15, 0.2) is 51.4 Å². The van der Waals surface area contributed by atoms with Gasteiger partial charge in [-0.3, -0.25) is 4.79 Å². The first kappa shape index (κ1) is 19.7. The highest BCUT2D eigenvalue weighted by molar-refractivity contribution is 7.91. The number of piperidine rings is 1. The number of hydrogen-bond acceptors (Lipinski definition) is 8. The number of carbonyl (C=O) groups excluding carboxylic acids is 1. The molecule has 4 rings (SSSR count). The van der Waals surface area contributed by atoms with E-state index in [9.17, 15) is 13.2 Å². The van der Waals surface area contributed by atoms with Crippen molar-refractivity contribution in [2.75, 3.05) is 13.1 Å². The van der Waals surface area contributed by atoms with Gasteiger partial charge < -0.3 is 9.15 Å². The van der Waals surface area contributed by atoms with Gasteiger partial charge in [-0.25, -0.2) is 8.42 Å². The van der Waals surface area contributed by atoms with E-state index in [2.05, 4.69) is 10.2 Å². The van der Waals surface area contributed by atoms with Crippen molar-refractivity contribution in [1.29, 1.82) is 0 Å². The molecular weight excluding hydrogens is 414 g/mol. The molecule has 3 aromatic rings. The Hall–Kier alpha value is -2.56. The molecule has 1 fully saturated rings. The minimum Gasteiger partial charge on any atom is -0.426 e. The standard InChI is InChI=1S/C19H19N3O5S2/c1-13-4-9-17(28-13)29(24,25)22-10-2-3-15(11-22)19(23)27-16-7-5-14(6-8-16)18-21-20-12-26-18/h4-9,12,15H,2-3,10-11H2,1H3. The third-order valence-electron chi connectivity index (χ3n) is 4.71. The van der Waals surface area contributed by atoms with Gasteiger partial charge in [-0.2, -0.15) is 4.31 Å². The van der Waals surface area contributed by atoms with Gasteiger partial charge in [0, 0.05) is 23.5 Å². The van der Waals surface area contributed by atoms with Gasteiger partial charge in [0.2, 0.25) is 12.3 Å². The number of aromatic nitrogens is 2. The van der Waals surface area contributed by atoms with Gasteiger partial charge in [-0.1, -0.05) is 0 Å². The third kappa shape index (κ3) is 4.24. The number of ether oxygens (including phenoxy) is 1. The number of hydrogen-bond donors (Lipinski definition) is 0. The van der Waals surface area contributed by atoms with E-state index in [-0.39, 0.29) is 6.54 Å². The maximum Gasteiger partial charge on any atom is 0.315 e. The Labute approximate surface area is 172 Å². The van der Waals surface area contributed by atoms with Gasteiger partial charge in [0.15, 0.2) is 0 Å². The van der Waals surface area contributed by atoms with Gasteiger partial charge >= 0.3 is 5.97 Å². The van der Waals surface area contributed by atoms with E-state index in [1.54, 1.807) is 36.4 Å². The third-order valence-corrected chi connectivity index (χ3v) is 8.04. The van der Waals surface area contributed by atoms with Crippen LogP contribution in [0.25, 0.3) is 11.5 Å². The van der Waals surface area contributed by atoms with Gasteiger partial charge in [0.1, 0.15) is 9.96 Å². The molecule has 0 radical (unpaired) electrons. The van der Waals surface area contributed by atoms with E-state index in [0.29, 0.717) is 40.8 Å². The molecule has 0 N–H and O–H groups in total. The molecule has 1 aromatic carbocycles. The molecular formula is C19H19N3O5S2. The molecule has 1 atom stereocenters. The molecule has 0 amide bonds. The first-order chi connectivity index (χ1) is 13.9. The van der Waals surface area contributed by atoms with E-state index in [4.69, 9.17) is 9.15 Å². The number of sulfonamides is 1. The van der Waals surface area contributed by atoms with Crippen LogP contribution in [-0.2, 0) is 14.8 Å². The molecule has 2 aromatic heterocycles. The summed E-state index contributed by atoms with van der Waals surface area (Å²) in [6.07, 6.45) is 2.44. The average molecular weight is 434 g/mol. The van der Waals surface area contributed by atoms with Crippen LogP contribution in [0, 0.1) is 12.8 Å². The SMILES string of the molecule is Cc1ccc(S(=O)(=O)N2CCCC(C(=O)Oc3ccc(-c4nnco4)cc3)C2)s1. The number of aryl methyl sites for hydroxylation is 1. The lowest BCUT2D eigenvalue weighted by Crippen LogP contribution is -2.43. The number of thiophene rings is 1. The van der Waals surface area contributed by atoms with Crippen LogP contribution in [-0.4, -0.2) is 42.0 Å². The number of benzene rings is 1. The molecule has 1 aliphatic heterocycles. The fourth-order valence-electron chi connectivity index (χ4n) is 3.19. The summed E-state index contributed by atoms with van der Waals surface area (Å²) in [4.78, 5) is 13.5. The Morgan fingerprint density at radius 3 is 2.69 bits per heavy atom. The first-order valence-corrected chi connectivity index (χ1v) is 11.3. The normalized spacial score (nSPS) is 17.9. The molecule has 8 nitrogen and oxygen atoms in total. The lowest BCUT2D eigenvalue weighted by Gasteiger charge is -2.30. The molecule has 0 bridgehead atoms. The molecule has 1 saturated heterocycles. The predicted octanol–water partition coefficient (Wildman–Crippen LogP) is 3.11. The lowest BCUT2D eigenvalue weighted by atomic mass is 10.00. The van der Waals surface area contributed by atoms with Crippen LogP contribution in [0.4, 0.5) is 0 Å². The molecule has 0 aliphatic carbocycles. The predicted molar refractivity (Wildman–Crippen MR) is 106 cm³/mol. The smallest absolute Gasteiger partial charge is 0.315 e. The summed E-state index contributed by atoms with van der Waals surface area (Å²) >= 11 is 1.24. The summed E-state index contributed by atoms with van der Waals surface area (Å²) in [5.41, 5.74) is 0.712. The molecule has 1 unspecified atom stereocenters. The fraction of sp³-hybridized carbons (Fsp3) is 0.316. The first-order valence-electron chi connectivity index (χ1n) is 9.08. The summed E-state index contributed by atoms with van der Waals surface area (Å²) in [5.74, 6) is -0.181. The Balaban J connectivity index is 1.42. The molecule has 0 spiro atoms. The van der Waals surface area contributed by atoms with Crippen molar-refractivity contribution in [1.82, 2.24) is 14.5 Å². The van der Waals surface area contributed by atoms with Crippen LogP contribution in [0.1, 0.15) is 17.7 Å². The Morgan fingerprint density at radius 1 is 1.24 bits per heavy atom. The molecule has 3 heterocycles. The number of carbonyl (C=O) groups is 1. The van der Waals surface area contributed by atoms with Crippen LogP contribution in [0.5, 0.6) is 5.75 Å². The van der Waals surface area contributed by atoms with E-state index >= 15 is 0 Å². The van der Waals surface area contributed by atoms with Gasteiger partial charge in [-0.15, -0.1) is 21.5 Å². The van der Waals surface area contributed by atoms with E-state index in [1.165, 1.54) is 22.0 Å². The van der Waals surface area contributed by atoms with Crippen molar-refractivity contribution in [2.24, 2.45) is 5.92 Å². The van der Waals surface area contributed by atoms with Crippen LogP contribution >= 0.6 is 11.3 Å². The second kappa shape index (κ2) is 8.05. The Morgan fingerprint density at radius 2 is 2.03 bits per heavy atom. The van der Waals surface area contributed by atoms with E-state index < -0.39 is 21.9 Å². The topological polar surface area (TPSA) is 103 Å². The Bertz CT molecular complexity index is 1090. The molecule has 10 heteroatoms. The minimum atomic E-state index is -3.59. The molecule has 152 valence electrons. The lowest BCUT2D eigenvalue weighted by molar-refractivity contribution is -0.140. The van der Waals surface area contributed by atoms with Crippen molar-refractivity contribution in [3.05, 3.63) is 47.7 Å². The van der Waals surface area contributed by atoms with Crippen LogP contribution in [0.2, 0.25) is 0 Å². The number of nitrogens with zero attached hydrogens (tertiary/aromatic N) is 3. The summed E-state index contributed by atoms with van der Waals surface area (Å²) in [5, 5.41) is 7.45. The maximum absolute atomic E-state index is 12.8. The molecule has 0 saturated carbocycles. The highest BCUT2D eigenvalue weighted by atomic mass is 32.2. The quantitative estimate of drug-likeness (QED) is 0.450. The highest BCUT2D eigenvalue weighted by Crippen LogP contribution is 2.29. The second-order valence-corrected chi connectivity index (χ2v) is 10.2. The van der Waals surface area contributed by atoms with Gasteiger partial charge in [-0.05, 0) is 56.2 Å². The zero-order valence-electron chi connectivity index (χ0n) is 15.6. The number of rotatable bonds is 5. The molecule has 29 heavy (non-hydrogen) atoms. The van der Waals surface area contributed by atoms with Crippen molar-refractivity contribution in [2.45, 2.75) is 24.0 Å². The van der Waals surface area contributed by atoms with Gasteiger partial charge in [0.25, 0.3) is 10.0 Å². The summed E-state index contributed by atoms with van der Waals surface area (Å²) in [6.45, 7) is 2.39. The monoisotopic (exact) mass is 433 g/mol. The minimum absolute atomic E-state index is 0.123. The van der Waals surface area contributed by atoms with Crippen molar-refractivity contribution < 1.29 is 22.4 Å². The zero-order chi connectivity index (χ0) is 20.4. The Kier molecular flexibility index (Phi) is 5.48. The highest BCUT2D eigenvalue weighted by Gasteiger charge is 2.35. The summed E-state index contributed by atoms with van der Waals surface area (Å²) in [7, 11) is -3.59. The van der Waals surface area contributed by atoms with Crippen molar-refractivity contribution in [3.63, 3.8) is 0 Å². The maximum atomic E-state index is 12.8. The number of esters is 1. The zero-order valence-corrected chi connectivity index (χ0v) is 17.3. The molecule has 1 aliphatic rings. The van der Waals surface area contributed by atoms with Crippen molar-refractivity contribution >= 4 is 27.3 Å². The fourth-order valence-corrected chi connectivity index (χ4v) is 6.16. The van der Waals surface area contributed by atoms with Crippen molar-refractivity contribution in [3.8, 4) is 17.2 Å². The van der Waals surface area contributed by atoms with Gasteiger partial charge in [0.05, 0.1) is 5.92 Å². The summed E-state index contributed by atoms with van der Waals surface area (Å²) in [6, 6.07) is 10.1. The van der Waals surface area contributed by atoms with E-state index in [1.807, 2.05) is 6.92 Å². The van der Waals surface area contributed by atoms with E-state index in [0.717, 1.165) is 4.88 Å². The average Bonchev–Trinajstić information content (AvgIpc) is 3.41. The summed E-state index contributed by atoms with van der Waals surface area (Å²) < 4.78 is 38.0. The largest absolute Gasteiger partial charge is 0.426 e.